The third-order valence-corrected chi connectivity index (χ3v) is 5.54. The summed E-state index contributed by atoms with van der Waals surface area (Å²) < 4.78 is 9.62. The van der Waals surface area contributed by atoms with Gasteiger partial charge in [0.05, 0.1) is 6.10 Å². The number of unbranched alkanes of at least 4 members (excludes halogenated alkanes) is 2. The fourth-order valence-electron chi connectivity index (χ4n) is 2.33. The average Bonchev–Trinajstić information content (AvgIpc) is 3.19. The van der Waals surface area contributed by atoms with Crippen molar-refractivity contribution in [3.05, 3.63) is 5.56 Å². The van der Waals surface area contributed by atoms with E-state index in [-0.39, 0.29) is 16.7 Å². The number of nitrogens with zero attached hydrogens (tertiary/aromatic N) is 1. The van der Waals surface area contributed by atoms with Crippen LogP contribution in [-0.4, -0.2) is 46.5 Å². The zero-order valence-electron chi connectivity index (χ0n) is 13.7. The third-order valence-electron chi connectivity index (χ3n) is 3.60. The maximum absolute atomic E-state index is 12.0. The van der Waals surface area contributed by atoms with E-state index < -0.39 is 12.0 Å². The zero-order chi connectivity index (χ0) is 17.4. The van der Waals surface area contributed by atoms with Gasteiger partial charge in [-0.25, -0.2) is 9.59 Å². The molecular weight excluding hydrogens is 350 g/mol. The Morgan fingerprint density at radius 1 is 1.46 bits per heavy atom. The van der Waals surface area contributed by atoms with Crippen LogP contribution in [0.4, 0.5) is 9.80 Å². The number of hydrogen-bond donors (Lipinski definition) is 3. The molecule has 2 rings (SSSR count). The van der Waals surface area contributed by atoms with Crippen LogP contribution in [0, 0.1) is 0 Å². The maximum Gasteiger partial charge on any atom is 0.341 e. The maximum atomic E-state index is 12.0. The van der Waals surface area contributed by atoms with Crippen molar-refractivity contribution in [2.24, 2.45) is 0 Å². The largest absolute Gasteiger partial charge is 0.477 e. The number of rotatable bonds is 9. The molecule has 1 saturated heterocycles. The van der Waals surface area contributed by atoms with Crippen LogP contribution < -0.4 is 10.6 Å². The van der Waals surface area contributed by atoms with Crippen molar-refractivity contribution in [1.82, 2.24) is 9.69 Å². The van der Waals surface area contributed by atoms with Gasteiger partial charge in [0, 0.05) is 13.2 Å². The highest BCUT2D eigenvalue weighted by molar-refractivity contribution is 7.99. The number of hydrogen-bond acceptors (Lipinski definition) is 6. The van der Waals surface area contributed by atoms with Gasteiger partial charge in [-0.1, -0.05) is 19.8 Å². The van der Waals surface area contributed by atoms with E-state index in [1.54, 1.807) is 0 Å². The van der Waals surface area contributed by atoms with Crippen LogP contribution in [0.3, 0.4) is 0 Å². The zero-order valence-corrected chi connectivity index (χ0v) is 15.3. The van der Waals surface area contributed by atoms with Gasteiger partial charge in [-0.05, 0) is 36.5 Å². The molecular formula is C15H23N3O4S2. The Morgan fingerprint density at radius 2 is 2.29 bits per heavy atom. The fraction of sp³-hybridized carbons (Fsp3) is 0.667. The number of nitrogens with one attached hydrogen (secondary N) is 2. The standard InChI is InChI=1S/C15H23N3O4S2/c1-2-3-4-8-23-13-11(14(19)20)12(24-18-13)17-15(21)16-9-10-6-5-7-22-10/h10H,2-9H2,1H3,(H,19,20)(H2,16,17,21). The number of carbonyl (C=O) groups is 2. The quantitative estimate of drug-likeness (QED) is 0.453. The van der Waals surface area contributed by atoms with Crippen molar-refractivity contribution in [3.8, 4) is 0 Å². The molecule has 1 unspecified atom stereocenters. The number of urea groups is 1. The van der Waals surface area contributed by atoms with Gasteiger partial charge in [0.15, 0.2) is 0 Å². The highest BCUT2D eigenvalue weighted by Gasteiger charge is 2.23. The molecule has 2 heterocycles. The first-order chi connectivity index (χ1) is 11.6. The number of amides is 2. The summed E-state index contributed by atoms with van der Waals surface area (Å²) in [7, 11) is 0. The monoisotopic (exact) mass is 373 g/mol. The second-order valence-corrected chi connectivity index (χ2v) is 7.38. The summed E-state index contributed by atoms with van der Waals surface area (Å²) in [6, 6.07) is -0.431. The smallest absolute Gasteiger partial charge is 0.341 e. The van der Waals surface area contributed by atoms with E-state index in [2.05, 4.69) is 21.9 Å². The van der Waals surface area contributed by atoms with E-state index in [1.165, 1.54) is 11.8 Å². The van der Waals surface area contributed by atoms with Crippen molar-refractivity contribution >= 4 is 40.3 Å². The van der Waals surface area contributed by atoms with Crippen LogP contribution in [0.1, 0.15) is 49.4 Å². The van der Waals surface area contributed by atoms with Gasteiger partial charge in [0.2, 0.25) is 0 Å². The number of thioether (sulfide) groups is 1. The first-order valence-electron chi connectivity index (χ1n) is 8.14. The number of aromatic carboxylic acids is 1. The topological polar surface area (TPSA) is 101 Å². The molecule has 1 aliphatic heterocycles. The van der Waals surface area contributed by atoms with Crippen molar-refractivity contribution in [2.45, 2.75) is 50.2 Å². The molecule has 1 aromatic heterocycles. The Morgan fingerprint density at radius 3 is 2.96 bits per heavy atom. The van der Waals surface area contributed by atoms with E-state index >= 15 is 0 Å². The highest BCUT2D eigenvalue weighted by atomic mass is 32.2. The number of anilines is 1. The van der Waals surface area contributed by atoms with Gasteiger partial charge < -0.3 is 15.2 Å². The minimum absolute atomic E-state index is 0.0424. The van der Waals surface area contributed by atoms with Gasteiger partial charge in [-0.15, -0.1) is 11.8 Å². The molecule has 3 N–H and O–H groups in total. The summed E-state index contributed by atoms with van der Waals surface area (Å²) in [4.78, 5) is 23.5. The first kappa shape index (κ1) is 19.0. The molecule has 24 heavy (non-hydrogen) atoms. The van der Waals surface area contributed by atoms with Crippen LogP contribution in [0.5, 0.6) is 0 Å². The summed E-state index contributed by atoms with van der Waals surface area (Å²) in [5.74, 6) is -0.251. The van der Waals surface area contributed by atoms with E-state index in [0.29, 0.717) is 11.6 Å². The molecule has 0 radical (unpaired) electrons. The molecule has 2 amide bonds. The molecule has 0 bridgehead atoms. The number of ether oxygens (including phenoxy) is 1. The number of carbonyl (C=O) groups excluding carboxylic acids is 1. The van der Waals surface area contributed by atoms with Crippen molar-refractivity contribution in [3.63, 3.8) is 0 Å². The van der Waals surface area contributed by atoms with E-state index in [4.69, 9.17) is 4.74 Å². The summed E-state index contributed by atoms with van der Waals surface area (Å²) >= 11 is 2.42. The number of aromatic nitrogens is 1. The van der Waals surface area contributed by atoms with E-state index in [9.17, 15) is 14.7 Å². The first-order valence-corrected chi connectivity index (χ1v) is 9.90. The van der Waals surface area contributed by atoms with Gasteiger partial charge >= 0.3 is 12.0 Å². The summed E-state index contributed by atoms with van der Waals surface area (Å²) in [6.07, 6.45) is 5.21. The van der Waals surface area contributed by atoms with Crippen LogP contribution in [0.25, 0.3) is 0 Å². The molecule has 0 spiro atoms. The lowest BCUT2D eigenvalue weighted by Gasteiger charge is -2.11. The lowest BCUT2D eigenvalue weighted by atomic mass is 10.2. The van der Waals surface area contributed by atoms with Crippen molar-refractivity contribution < 1.29 is 19.4 Å². The normalized spacial score (nSPS) is 17.0. The predicted octanol–water partition coefficient (Wildman–Crippen LogP) is 3.42. The predicted molar refractivity (Wildman–Crippen MR) is 95.3 cm³/mol. The lowest BCUT2D eigenvalue weighted by Crippen LogP contribution is -2.35. The second-order valence-electron chi connectivity index (χ2n) is 5.52. The highest BCUT2D eigenvalue weighted by Crippen LogP contribution is 2.32. The number of carboxylic acids is 1. The lowest BCUT2D eigenvalue weighted by molar-refractivity contribution is 0.0694. The molecule has 0 aliphatic carbocycles. The molecule has 1 aliphatic rings. The van der Waals surface area contributed by atoms with Gasteiger partial charge in [-0.2, -0.15) is 4.37 Å². The Bertz CT molecular complexity index is 559. The summed E-state index contributed by atoms with van der Waals surface area (Å²) in [6.45, 7) is 3.27. The van der Waals surface area contributed by atoms with Crippen molar-refractivity contribution in [1.29, 1.82) is 0 Å². The van der Waals surface area contributed by atoms with E-state index in [1.807, 2.05) is 0 Å². The van der Waals surface area contributed by atoms with Crippen LogP contribution >= 0.6 is 23.3 Å². The molecule has 134 valence electrons. The Balaban J connectivity index is 1.89. The second kappa shape index (κ2) is 9.85. The Kier molecular flexibility index (Phi) is 7.80. The van der Waals surface area contributed by atoms with Crippen molar-refractivity contribution in [2.75, 3.05) is 24.2 Å². The Labute approximate surface area is 149 Å². The van der Waals surface area contributed by atoms with Crippen LogP contribution in [0.15, 0.2) is 5.03 Å². The van der Waals surface area contributed by atoms with Gasteiger partial charge in [-0.3, -0.25) is 5.32 Å². The summed E-state index contributed by atoms with van der Waals surface area (Å²) in [5.41, 5.74) is 0.0776. The molecule has 0 aromatic carbocycles. The summed E-state index contributed by atoms with van der Waals surface area (Å²) in [5, 5.41) is 15.5. The molecule has 1 aromatic rings. The molecule has 0 saturated carbocycles. The third kappa shape index (κ3) is 5.64. The average molecular weight is 374 g/mol. The minimum atomic E-state index is -1.07. The fourth-order valence-corrected chi connectivity index (χ4v) is 4.27. The number of carboxylic acid groups (broad SMARTS) is 1. The molecule has 9 heteroatoms. The SMILES string of the molecule is CCCCCSc1nsc(NC(=O)NCC2CCCO2)c1C(=O)O. The van der Waals surface area contributed by atoms with Crippen LogP contribution in [-0.2, 0) is 4.74 Å². The van der Waals surface area contributed by atoms with Crippen LogP contribution in [0.2, 0.25) is 0 Å². The Hall–Kier alpha value is -1.32. The van der Waals surface area contributed by atoms with Gasteiger partial charge in [0.25, 0.3) is 0 Å². The van der Waals surface area contributed by atoms with Gasteiger partial charge in [0.1, 0.15) is 15.6 Å². The molecule has 1 atom stereocenters. The minimum Gasteiger partial charge on any atom is -0.477 e. The van der Waals surface area contributed by atoms with E-state index in [0.717, 1.165) is 56.0 Å². The molecule has 1 fully saturated rings. The molecule has 7 nitrogen and oxygen atoms in total.